The van der Waals surface area contributed by atoms with Gasteiger partial charge in [-0.15, -0.1) is 0 Å². The number of para-hydroxylation sites is 1. The molecule has 0 aliphatic heterocycles. The monoisotopic (exact) mass is 435 g/mol. The van der Waals surface area contributed by atoms with Crippen LogP contribution in [0.3, 0.4) is 0 Å². The fourth-order valence-electron chi connectivity index (χ4n) is 3.82. The fourth-order valence-corrected chi connectivity index (χ4v) is 3.82. The summed E-state index contributed by atoms with van der Waals surface area (Å²) in [5.74, 6) is 0.574. The fraction of sp³-hybridized carbons (Fsp3) is 0.423. The van der Waals surface area contributed by atoms with E-state index in [1.807, 2.05) is 49.4 Å². The Morgan fingerprint density at radius 2 is 1.69 bits per heavy atom. The molecule has 1 N–H and O–H groups in total. The van der Waals surface area contributed by atoms with Crippen molar-refractivity contribution >= 4 is 16.8 Å². The molecule has 3 rings (SSSR count). The molecular formula is C26H33N3O3. The zero-order valence-corrected chi connectivity index (χ0v) is 19.3. The number of fused-ring (bicyclic) bond motifs is 1. The molecule has 1 amide bonds. The number of hydrogen-bond acceptors (Lipinski definition) is 3. The maximum Gasteiger partial charge on any atom is 0.331 e. The lowest BCUT2D eigenvalue weighted by molar-refractivity contribution is -0.121. The van der Waals surface area contributed by atoms with Gasteiger partial charge in [0.15, 0.2) is 0 Å². The summed E-state index contributed by atoms with van der Waals surface area (Å²) in [4.78, 5) is 38.3. The first-order valence-corrected chi connectivity index (χ1v) is 11.4. The number of aryl methyl sites for hydroxylation is 1. The molecule has 1 aromatic heterocycles. The summed E-state index contributed by atoms with van der Waals surface area (Å²) in [5.41, 5.74) is 2.21. The van der Waals surface area contributed by atoms with Crippen molar-refractivity contribution in [2.75, 3.05) is 6.54 Å². The highest BCUT2D eigenvalue weighted by molar-refractivity contribution is 5.78. The van der Waals surface area contributed by atoms with Crippen LogP contribution in [-0.2, 0) is 17.9 Å². The van der Waals surface area contributed by atoms with Gasteiger partial charge in [0.05, 0.1) is 17.4 Å². The molecule has 0 atom stereocenters. The predicted molar refractivity (Wildman–Crippen MR) is 129 cm³/mol. The Morgan fingerprint density at radius 3 is 2.44 bits per heavy atom. The van der Waals surface area contributed by atoms with Crippen LogP contribution in [-0.4, -0.2) is 21.6 Å². The molecule has 0 radical (unpaired) electrons. The van der Waals surface area contributed by atoms with Gasteiger partial charge in [0.25, 0.3) is 5.56 Å². The van der Waals surface area contributed by atoms with Crippen molar-refractivity contribution in [1.82, 2.24) is 14.5 Å². The van der Waals surface area contributed by atoms with Crippen LogP contribution in [0.15, 0.2) is 58.1 Å². The number of carbonyl (C=O) groups excluding carboxylic acids is 1. The Hall–Kier alpha value is -3.15. The molecule has 6 heteroatoms. The summed E-state index contributed by atoms with van der Waals surface area (Å²) < 4.78 is 3.00. The normalized spacial score (nSPS) is 11.2. The molecule has 3 aromatic rings. The standard InChI is InChI=1S/C26H33N3O3/c1-19(2)15-16-27-24(30)14-8-9-17-28-25(31)22-12-6-7-13-23(22)29(26(28)32)18-21-11-5-4-10-20(21)3/h4-7,10-13,19H,8-9,14-18H2,1-3H3,(H,27,30). The summed E-state index contributed by atoms with van der Waals surface area (Å²) in [7, 11) is 0. The first-order chi connectivity index (χ1) is 15.4. The number of unbranched alkanes of at least 4 members (excludes halogenated alkanes) is 1. The zero-order chi connectivity index (χ0) is 23.1. The number of aromatic nitrogens is 2. The second-order valence-electron chi connectivity index (χ2n) is 8.76. The van der Waals surface area contributed by atoms with Gasteiger partial charge in [0.1, 0.15) is 0 Å². The van der Waals surface area contributed by atoms with Crippen molar-refractivity contribution in [1.29, 1.82) is 0 Å². The van der Waals surface area contributed by atoms with Crippen molar-refractivity contribution < 1.29 is 4.79 Å². The highest BCUT2D eigenvalue weighted by Gasteiger charge is 2.14. The third-order valence-electron chi connectivity index (χ3n) is 5.80. The van der Waals surface area contributed by atoms with Crippen LogP contribution in [0.2, 0.25) is 0 Å². The predicted octanol–water partition coefficient (Wildman–Crippen LogP) is 3.85. The van der Waals surface area contributed by atoms with Gasteiger partial charge in [0.2, 0.25) is 5.91 Å². The number of carbonyl (C=O) groups is 1. The molecule has 1 heterocycles. The average Bonchev–Trinajstić information content (AvgIpc) is 2.77. The number of nitrogens with zero attached hydrogens (tertiary/aromatic N) is 2. The van der Waals surface area contributed by atoms with Crippen molar-refractivity contribution in [3.63, 3.8) is 0 Å². The van der Waals surface area contributed by atoms with Crippen molar-refractivity contribution in [3.05, 3.63) is 80.5 Å². The Bertz CT molecular complexity index is 1190. The third-order valence-corrected chi connectivity index (χ3v) is 5.80. The molecule has 0 aliphatic rings. The van der Waals surface area contributed by atoms with Gasteiger partial charge in [-0.1, -0.05) is 50.2 Å². The van der Waals surface area contributed by atoms with Crippen LogP contribution >= 0.6 is 0 Å². The molecule has 32 heavy (non-hydrogen) atoms. The Labute approximate surface area is 188 Å². The van der Waals surface area contributed by atoms with E-state index in [0.717, 1.165) is 17.5 Å². The van der Waals surface area contributed by atoms with Crippen LogP contribution in [0, 0.1) is 12.8 Å². The maximum atomic E-state index is 13.3. The summed E-state index contributed by atoms with van der Waals surface area (Å²) in [6, 6.07) is 15.2. The number of amides is 1. The molecule has 0 fully saturated rings. The summed E-state index contributed by atoms with van der Waals surface area (Å²) in [6.45, 7) is 7.66. The number of hydrogen-bond donors (Lipinski definition) is 1. The van der Waals surface area contributed by atoms with Crippen molar-refractivity contribution in [2.24, 2.45) is 5.92 Å². The number of benzene rings is 2. The highest BCUT2D eigenvalue weighted by Crippen LogP contribution is 2.13. The van der Waals surface area contributed by atoms with Crippen LogP contribution in [0.5, 0.6) is 0 Å². The molecule has 0 bridgehead atoms. The third kappa shape index (κ3) is 5.75. The van der Waals surface area contributed by atoms with Crippen molar-refractivity contribution in [2.45, 2.75) is 59.5 Å². The molecule has 2 aromatic carbocycles. The van der Waals surface area contributed by atoms with Crippen LogP contribution in [0.1, 0.15) is 50.7 Å². The van der Waals surface area contributed by atoms with Crippen LogP contribution in [0.4, 0.5) is 0 Å². The first-order valence-electron chi connectivity index (χ1n) is 11.4. The van der Waals surface area contributed by atoms with Crippen LogP contribution < -0.4 is 16.6 Å². The average molecular weight is 436 g/mol. The van der Waals surface area contributed by atoms with Gasteiger partial charge < -0.3 is 5.32 Å². The highest BCUT2D eigenvalue weighted by atomic mass is 16.2. The molecular weight excluding hydrogens is 402 g/mol. The van der Waals surface area contributed by atoms with Gasteiger partial charge in [0, 0.05) is 19.5 Å². The Balaban J connectivity index is 1.77. The minimum absolute atomic E-state index is 0.0217. The lowest BCUT2D eigenvalue weighted by Gasteiger charge is -2.15. The van der Waals surface area contributed by atoms with E-state index >= 15 is 0 Å². The van der Waals surface area contributed by atoms with Gasteiger partial charge in [-0.3, -0.25) is 18.7 Å². The number of rotatable bonds is 10. The van der Waals surface area contributed by atoms with E-state index in [-0.39, 0.29) is 17.2 Å². The lowest BCUT2D eigenvalue weighted by atomic mass is 10.1. The molecule has 0 saturated heterocycles. The van der Waals surface area contributed by atoms with E-state index in [2.05, 4.69) is 19.2 Å². The van der Waals surface area contributed by atoms with E-state index in [1.165, 1.54) is 4.57 Å². The first kappa shape index (κ1) is 23.5. The summed E-state index contributed by atoms with van der Waals surface area (Å²) >= 11 is 0. The smallest absolute Gasteiger partial charge is 0.331 e. The van der Waals surface area contributed by atoms with E-state index in [4.69, 9.17) is 0 Å². The SMILES string of the molecule is Cc1ccccc1Cn1c(=O)n(CCCCC(=O)NCCC(C)C)c(=O)c2ccccc21. The summed E-state index contributed by atoms with van der Waals surface area (Å²) in [6.07, 6.45) is 2.58. The van der Waals surface area contributed by atoms with Crippen molar-refractivity contribution in [3.8, 4) is 0 Å². The Kier molecular flexibility index (Phi) is 8.03. The second-order valence-corrected chi connectivity index (χ2v) is 8.76. The van der Waals surface area contributed by atoms with Gasteiger partial charge in [-0.05, 0) is 55.4 Å². The maximum absolute atomic E-state index is 13.3. The minimum Gasteiger partial charge on any atom is -0.356 e. The molecule has 170 valence electrons. The lowest BCUT2D eigenvalue weighted by Crippen LogP contribution is -2.40. The van der Waals surface area contributed by atoms with E-state index in [0.29, 0.717) is 55.7 Å². The second kappa shape index (κ2) is 10.9. The van der Waals surface area contributed by atoms with Gasteiger partial charge in [-0.2, -0.15) is 0 Å². The molecule has 0 unspecified atom stereocenters. The van der Waals surface area contributed by atoms with Crippen LogP contribution in [0.25, 0.3) is 10.9 Å². The van der Waals surface area contributed by atoms with Gasteiger partial charge in [-0.25, -0.2) is 4.79 Å². The van der Waals surface area contributed by atoms with E-state index in [9.17, 15) is 14.4 Å². The Morgan fingerprint density at radius 1 is 0.969 bits per heavy atom. The van der Waals surface area contributed by atoms with E-state index < -0.39 is 0 Å². The van der Waals surface area contributed by atoms with E-state index in [1.54, 1.807) is 10.6 Å². The molecule has 6 nitrogen and oxygen atoms in total. The topological polar surface area (TPSA) is 73.1 Å². The number of nitrogens with one attached hydrogen (secondary N) is 1. The minimum atomic E-state index is -0.307. The molecule has 0 aliphatic carbocycles. The molecule has 0 spiro atoms. The molecule has 0 saturated carbocycles. The summed E-state index contributed by atoms with van der Waals surface area (Å²) in [5, 5.41) is 3.46. The largest absolute Gasteiger partial charge is 0.356 e. The zero-order valence-electron chi connectivity index (χ0n) is 19.3. The quantitative estimate of drug-likeness (QED) is 0.492. The van der Waals surface area contributed by atoms with Gasteiger partial charge >= 0.3 is 5.69 Å².